The fourth-order valence-corrected chi connectivity index (χ4v) is 4.06. The third-order valence-corrected chi connectivity index (χ3v) is 5.00. The molecule has 8 heteroatoms. The van der Waals surface area contributed by atoms with Crippen LogP contribution in [0.1, 0.15) is 36.9 Å². The summed E-state index contributed by atoms with van der Waals surface area (Å²) in [5.41, 5.74) is 1.10. The minimum Gasteiger partial charge on any atom is -0.610 e. The van der Waals surface area contributed by atoms with Crippen molar-refractivity contribution in [3.63, 3.8) is 0 Å². The zero-order chi connectivity index (χ0) is 17.3. The predicted molar refractivity (Wildman–Crippen MR) is 85.7 cm³/mol. The Morgan fingerprint density at radius 3 is 2.74 bits per heavy atom. The molecule has 23 heavy (non-hydrogen) atoms. The normalized spacial score (nSPS) is 19.9. The van der Waals surface area contributed by atoms with Crippen LogP contribution in [-0.4, -0.2) is 44.4 Å². The molecule has 0 bridgehead atoms. The van der Waals surface area contributed by atoms with Gasteiger partial charge in [-0.1, -0.05) is 0 Å². The first-order valence-corrected chi connectivity index (χ1v) is 8.98. The molecular formula is C15H21N3O4S. The molecule has 0 aliphatic heterocycles. The fourth-order valence-electron chi connectivity index (χ4n) is 3.00. The molecule has 0 spiro atoms. The molecule has 1 aromatic rings. The second-order valence-corrected chi connectivity index (χ2v) is 6.72. The van der Waals surface area contributed by atoms with Gasteiger partial charge in [0, 0.05) is 31.2 Å². The molecular weight excluding hydrogens is 318 g/mol. The molecule has 0 radical (unpaired) electrons. The van der Waals surface area contributed by atoms with Crippen LogP contribution >= 0.6 is 0 Å². The van der Waals surface area contributed by atoms with Crippen LogP contribution < -0.4 is 5.32 Å². The van der Waals surface area contributed by atoms with E-state index in [4.69, 9.17) is 0 Å². The van der Waals surface area contributed by atoms with E-state index in [1.807, 2.05) is 6.92 Å². The molecule has 1 heterocycles. The Morgan fingerprint density at radius 1 is 1.57 bits per heavy atom. The van der Waals surface area contributed by atoms with Crippen molar-refractivity contribution in [2.24, 2.45) is 0 Å². The molecule has 0 saturated heterocycles. The highest BCUT2D eigenvalue weighted by atomic mass is 32.2. The Morgan fingerprint density at radius 2 is 2.22 bits per heavy atom. The van der Waals surface area contributed by atoms with Gasteiger partial charge in [0.25, 0.3) is 5.91 Å². The van der Waals surface area contributed by atoms with Gasteiger partial charge in [0.05, 0.1) is 17.2 Å². The van der Waals surface area contributed by atoms with Gasteiger partial charge in [0.1, 0.15) is 17.6 Å². The van der Waals surface area contributed by atoms with E-state index in [9.17, 15) is 19.2 Å². The van der Waals surface area contributed by atoms with Gasteiger partial charge in [0.15, 0.2) is 5.78 Å². The summed E-state index contributed by atoms with van der Waals surface area (Å²) in [5.74, 6) is -1.78. The van der Waals surface area contributed by atoms with Crippen molar-refractivity contribution in [3.8, 4) is 0 Å². The smallest absolute Gasteiger partial charge is 0.258 e. The summed E-state index contributed by atoms with van der Waals surface area (Å²) >= 11 is -1.30. The molecule has 2 rings (SSSR count). The van der Waals surface area contributed by atoms with Gasteiger partial charge >= 0.3 is 0 Å². The lowest BCUT2D eigenvalue weighted by Gasteiger charge is -2.23. The summed E-state index contributed by atoms with van der Waals surface area (Å²) in [6.45, 7) is 4.22. The Balaban J connectivity index is 2.63. The highest BCUT2D eigenvalue weighted by molar-refractivity contribution is 7.90. The van der Waals surface area contributed by atoms with Gasteiger partial charge in [-0.05, 0) is 20.3 Å². The van der Waals surface area contributed by atoms with E-state index in [1.165, 1.54) is 7.05 Å². The third-order valence-electron chi connectivity index (χ3n) is 4.02. The molecule has 2 atom stereocenters. The van der Waals surface area contributed by atoms with E-state index in [0.29, 0.717) is 29.2 Å². The van der Waals surface area contributed by atoms with E-state index in [0.717, 1.165) is 0 Å². The van der Waals surface area contributed by atoms with Crippen molar-refractivity contribution in [2.75, 3.05) is 13.3 Å². The van der Waals surface area contributed by atoms with Crippen LogP contribution in [-0.2, 0) is 27.3 Å². The molecule has 2 N–H and O–H groups in total. The zero-order valence-corrected chi connectivity index (χ0v) is 14.5. The number of aryl methyl sites for hydroxylation is 2. The maximum absolute atomic E-state index is 12.2. The monoisotopic (exact) mass is 339 g/mol. The average molecular weight is 339 g/mol. The molecule has 7 nitrogen and oxygen atoms in total. The number of carbonyl (C=O) groups is 2. The lowest BCUT2D eigenvalue weighted by molar-refractivity contribution is -0.123. The highest BCUT2D eigenvalue weighted by Gasteiger charge is 2.38. The number of aliphatic hydroxyl groups excluding tert-OH is 1. The molecule has 1 aromatic heterocycles. The second kappa shape index (κ2) is 6.76. The first-order valence-electron chi connectivity index (χ1n) is 7.42. The minimum atomic E-state index is -1.30. The minimum absolute atomic E-state index is 0.157. The van der Waals surface area contributed by atoms with Gasteiger partial charge in [0.2, 0.25) is 5.03 Å². The SMILES string of the molecule is CCn1nc(C)c(C2CCC(=O)C(C(=O)NC)=C2O)c1[S+](C)[O-]. The van der Waals surface area contributed by atoms with E-state index < -0.39 is 23.0 Å². The predicted octanol–water partition coefficient (Wildman–Crippen LogP) is 0.953. The van der Waals surface area contributed by atoms with Crippen LogP contribution in [0.5, 0.6) is 0 Å². The average Bonchev–Trinajstić information content (AvgIpc) is 2.84. The van der Waals surface area contributed by atoms with Crippen molar-refractivity contribution < 1.29 is 19.2 Å². The van der Waals surface area contributed by atoms with Gasteiger partial charge in [-0.3, -0.25) is 9.59 Å². The molecule has 126 valence electrons. The molecule has 1 amide bonds. The van der Waals surface area contributed by atoms with E-state index in [-0.39, 0.29) is 23.5 Å². The lowest BCUT2D eigenvalue weighted by atomic mass is 9.83. The van der Waals surface area contributed by atoms with E-state index >= 15 is 0 Å². The molecule has 2 unspecified atom stereocenters. The summed E-state index contributed by atoms with van der Waals surface area (Å²) in [5, 5.41) is 17.8. The second-order valence-electron chi connectivity index (χ2n) is 5.43. The number of nitrogens with zero attached hydrogens (tertiary/aromatic N) is 2. The highest BCUT2D eigenvalue weighted by Crippen LogP contribution is 2.39. The Labute approximate surface area is 137 Å². The van der Waals surface area contributed by atoms with E-state index in [2.05, 4.69) is 10.4 Å². The number of nitrogens with one attached hydrogen (secondary N) is 1. The van der Waals surface area contributed by atoms with Crippen LogP contribution in [0, 0.1) is 6.92 Å². The van der Waals surface area contributed by atoms with Crippen LogP contribution in [0.25, 0.3) is 0 Å². The van der Waals surface area contributed by atoms with Gasteiger partial charge < -0.3 is 15.0 Å². The van der Waals surface area contributed by atoms with Crippen LogP contribution in [0.15, 0.2) is 16.4 Å². The Bertz CT molecular complexity index is 679. The summed E-state index contributed by atoms with van der Waals surface area (Å²) < 4.78 is 13.8. The quantitative estimate of drug-likeness (QED) is 0.627. The number of hydrogen-bond acceptors (Lipinski definition) is 5. The van der Waals surface area contributed by atoms with Crippen molar-refractivity contribution in [1.29, 1.82) is 0 Å². The number of likely N-dealkylation sites (N-methyl/N-ethyl adjacent to an activating group) is 1. The largest absolute Gasteiger partial charge is 0.610 e. The Hall–Kier alpha value is -1.80. The van der Waals surface area contributed by atoms with Crippen molar-refractivity contribution in [1.82, 2.24) is 15.1 Å². The maximum Gasteiger partial charge on any atom is 0.258 e. The number of aromatic nitrogens is 2. The summed E-state index contributed by atoms with van der Waals surface area (Å²) in [6, 6.07) is 0. The van der Waals surface area contributed by atoms with Crippen molar-refractivity contribution in [3.05, 3.63) is 22.6 Å². The number of aliphatic hydroxyl groups is 1. The number of Topliss-reactive ketones (excluding diaryl/α,β-unsaturated/α-hetero) is 1. The zero-order valence-electron chi connectivity index (χ0n) is 13.7. The summed E-state index contributed by atoms with van der Waals surface area (Å²) in [6.07, 6.45) is 2.08. The van der Waals surface area contributed by atoms with Crippen LogP contribution in [0.4, 0.5) is 0 Å². The molecule has 0 fully saturated rings. The molecule has 0 saturated carbocycles. The molecule has 0 aromatic carbocycles. The first kappa shape index (κ1) is 17.6. The number of rotatable bonds is 4. The number of hydrogen-bond donors (Lipinski definition) is 2. The summed E-state index contributed by atoms with van der Waals surface area (Å²) in [4.78, 5) is 23.9. The van der Waals surface area contributed by atoms with Gasteiger partial charge in [-0.25, -0.2) is 4.68 Å². The number of amides is 1. The number of carbonyl (C=O) groups excluding carboxylic acids is 2. The standard InChI is InChI=1S/C15H21N3O4S/c1-5-18-15(23(4)22)11(8(2)17-18)9-6-7-10(19)12(13(9)20)14(21)16-3/h9,20H,5-7H2,1-4H3,(H,16,21). The lowest BCUT2D eigenvalue weighted by Crippen LogP contribution is -2.31. The third kappa shape index (κ3) is 3.00. The van der Waals surface area contributed by atoms with Gasteiger partial charge in [-0.15, -0.1) is 0 Å². The van der Waals surface area contributed by atoms with Gasteiger partial charge in [-0.2, -0.15) is 5.10 Å². The van der Waals surface area contributed by atoms with Crippen LogP contribution in [0.3, 0.4) is 0 Å². The topological polar surface area (TPSA) is 107 Å². The fraction of sp³-hybridized carbons (Fsp3) is 0.533. The number of allylic oxidation sites excluding steroid dienone is 1. The van der Waals surface area contributed by atoms with Crippen LogP contribution in [0.2, 0.25) is 0 Å². The van der Waals surface area contributed by atoms with Crippen molar-refractivity contribution >= 4 is 22.9 Å². The van der Waals surface area contributed by atoms with E-state index in [1.54, 1.807) is 17.9 Å². The maximum atomic E-state index is 12.2. The first-order chi connectivity index (χ1) is 10.8. The molecule has 1 aliphatic rings. The summed E-state index contributed by atoms with van der Waals surface area (Å²) in [7, 11) is 1.41. The molecule has 1 aliphatic carbocycles. The van der Waals surface area contributed by atoms with Crippen molar-refractivity contribution in [2.45, 2.75) is 44.2 Å². The number of ketones is 1. The Kier molecular flexibility index (Phi) is 5.16.